The van der Waals surface area contributed by atoms with Gasteiger partial charge in [-0.15, -0.1) is 32.9 Å². The van der Waals surface area contributed by atoms with Crippen LogP contribution < -0.4 is 0 Å². The average Bonchev–Trinajstić information content (AvgIpc) is 3.41. The van der Waals surface area contributed by atoms with E-state index < -0.39 is 12.1 Å². The summed E-state index contributed by atoms with van der Waals surface area (Å²) in [5.74, 6) is 0.773. The molecule has 9 heteroatoms. The first-order chi connectivity index (χ1) is 13.4. The lowest BCUT2D eigenvalue weighted by Gasteiger charge is -2.08. The molecule has 0 saturated heterocycles. The number of fused-ring (bicyclic) bond motifs is 1. The molecule has 0 spiro atoms. The van der Waals surface area contributed by atoms with Crippen molar-refractivity contribution in [1.29, 1.82) is 0 Å². The van der Waals surface area contributed by atoms with Gasteiger partial charge in [0.05, 0.1) is 10.6 Å². The quantitative estimate of drug-likeness (QED) is 0.407. The Bertz CT molecular complexity index is 1110. The van der Waals surface area contributed by atoms with Gasteiger partial charge in [0.1, 0.15) is 9.71 Å². The lowest BCUT2D eigenvalue weighted by molar-refractivity contribution is 0.0286. The van der Waals surface area contributed by atoms with Crippen molar-refractivity contribution in [2.45, 2.75) is 40.3 Å². The van der Waals surface area contributed by atoms with E-state index in [0.717, 1.165) is 27.3 Å². The van der Waals surface area contributed by atoms with Crippen LogP contribution in [0.3, 0.4) is 0 Å². The molecule has 28 heavy (non-hydrogen) atoms. The molecule has 146 valence electrons. The predicted octanol–water partition coefficient (Wildman–Crippen LogP) is 5.09. The number of hydrogen-bond acceptors (Lipinski definition) is 8. The molecule has 0 saturated carbocycles. The summed E-state index contributed by atoms with van der Waals surface area (Å²) in [4.78, 5) is 15.1. The van der Waals surface area contributed by atoms with Gasteiger partial charge < -0.3 is 9.15 Å². The maximum atomic E-state index is 12.6. The maximum Gasteiger partial charge on any atom is 0.349 e. The molecule has 0 aromatic carbocycles. The van der Waals surface area contributed by atoms with Crippen LogP contribution in [0.15, 0.2) is 28.0 Å². The Morgan fingerprint density at radius 1 is 1.32 bits per heavy atom. The molecule has 4 rings (SSSR count). The number of hydrogen-bond donors (Lipinski definition) is 0. The van der Waals surface area contributed by atoms with E-state index in [1.165, 1.54) is 22.7 Å². The van der Waals surface area contributed by atoms with Gasteiger partial charge in [-0.1, -0.05) is 19.9 Å². The number of carbonyl (C=O) groups is 1. The zero-order valence-electron chi connectivity index (χ0n) is 16.0. The second-order valence-electron chi connectivity index (χ2n) is 6.96. The van der Waals surface area contributed by atoms with Crippen molar-refractivity contribution in [2.24, 2.45) is 5.92 Å². The van der Waals surface area contributed by atoms with Crippen molar-refractivity contribution >= 4 is 38.9 Å². The first kappa shape index (κ1) is 18.8. The van der Waals surface area contributed by atoms with E-state index in [1.54, 1.807) is 6.92 Å². The van der Waals surface area contributed by atoms with Crippen molar-refractivity contribution in [3.63, 3.8) is 0 Å². The van der Waals surface area contributed by atoms with Gasteiger partial charge in [0.15, 0.2) is 6.10 Å². The van der Waals surface area contributed by atoms with Gasteiger partial charge in [-0.25, -0.2) is 4.79 Å². The van der Waals surface area contributed by atoms with Crippen LogP contribution in [0.25, 0.3) is 21.0 Å². The minimum Gasteiger partial charge on any atom is -0.448 e. The molecule has 0 N–H and O–H groups in total. The number of carbonyl (C=O) groups excluding carboxylic acids is 1. The van der Waals surface area contributed by atoms with Gasteiger partial charge in [-0.3, -0.25) is 4.68 Å². The third kappa shape index (κ3) is 3.59. The predicted molar refractivity (Wildman–Crippen MR) is 109 cm³/mol. The van der Waals surface area contributed by atoms with Gasteiger partial charge >= 0.3 is 5.97 Å². The Morgan fingerprint density at radius 3 is 2.86 bits per heavy atom. The molecule has 0 aliphatic heterocycles. The highest BCUT2D eigenvalue weighted by Crippen LogP contribution is 2.31. The summed E-state index contributed by atoms with van der Waals surface area (Å²) in [7, 11) is 0. The fourth-order valence-electron chi connectivity index (χ4n) is 2.85. The summed E-state index contributed by atoms with van der Waals surface area (Å²) >= 11 is 2.91. The SMILES string of the molecule is Cc1nn(CC(C)C)c2sc(C(=O)OC(C)c3nnc(-c4cccs4)o3)cc12. The van der Waals surface area contributed by atoms with E-state index >= 15 is 0 Å². The Hall–Kier alpha value is -2.52. The molecule has 4 aromatic heterocycles. The second-order valence-corrected chi connectivity index (χ2v) is 8.94. The maximum absolute atomic E-state index is 12.6. The normalized spacial score (nSPS) is 12.8. The van der Waals surface area contributed by atoms with Crippen molar-refractivity contribution < 1.29 is 13.9 Å². The monoisotopic (exact) mass is 416 g/mol. The van der Waals surface area contributed by atoms with Gasteiger partial charge in [0.25, 0.3) is 11.8 Å². The summed E-state index contributed by atoms with van der Waals surface area (Å²) in [5, 5.41) is 15.5. The first-order valence-electron chi connectivity index (χ1n) is 8.97. The van der Waals surface area contributed by atoms with Gasteiger partial charge in [-0.2, -0.15) is 5.10 Å². The largest absolute Gasteiger partial charge is 0.448 e. The number of aryl methyl sites for hydroxylation is 1. The highest BCUT2D eigenvalue weighted by molar-refractivity contribution is 7.20. The molecule has 7 nitrogen and oxygen atoms in total. The number of rotatable bonds is 6. The molecular weight excluding hydrogens is 396 g/mol. The van der Waals surface area contributed by atoms with E-state index in [4.69, 9.17) is 9.15 Å². The number of aromatic nitrogens is 4. The Morgan fingerprint density at radius 2 is 2.14 bits per heavy atom. The van der Waals surface area contributed by atoms with E-state index in [2.05, 4.69) is 29.1 Å². The van der Waals surface area contributed by atoms with Crippen LogP contribution in [0.1, 0.15) is 48.1 Å². The molecule has 0 aliphatic carbocycles. The fourth-order valence-corrected chi connectivity index (χ4v) is 4.55. The van der Waals surface area contributed by atoms with Crippen LogP contribution in [0, 0.1) is 12.8 Å². The van der Waals surface area contributed by atoms with Gasteiger partial charge in [0.2, 0.25) is 0 Å². The molecular formula is C19H20N4O3S2. The minimum absolute atomic E-state index is 0.278. The van der Waals surface area contributed by atoms with Gasteiger partial charge in [-0.05, 0) is 37.3 Å². The van der Waals surface area contributed by atoms with E-state index in [9.17, 15) is 4.79 Å². The molecule has 4 heterocycles. The highest BCUT2D eigenvalue weighted by atomic mass is 32.1. The standard InChI is InChI=1S/C19H20N4O3S2/c1-10(2)9-23-18-13(11(3)22-23)8-15(28-18)19(24)25-12(4)16-20-21-17(26-16)14-6-5-7-27-14/h5-8,10,12H,9H2,1-4H3. The van der Waals surface area contributed by atoms with Crippen LogP contribution in [0.5, 0.6) is 0 Å². The highest BCUT2D eigenvalue weighted by Gasteiger charge is 2.23. The Labute approximate surface area is 170 Å². The molecule has 0 amide bonds. The fraction of sp³-hybridized carbons (Fsp3) is 0.368. The van der Waals surface area contributed by atoms with Crippen molar-refractivity contribution in [3.05, 3.63) is 40.0 Å². The third-order valence-corrected chi connectivity index (χ3v) is 6.14. The van der Waals surface area contributed by atoms with Crippen LogP contribution in [0.4, 0.5) is 0 Å². The Balaban J connectivity index is 1.52. The number of ether oxygens (including phenoxy) is 1. The molecule has 0 bridgehead atoms. The Kier molecular flexibility index (Phi) is 5.03. The zero-order chi connectivity index (χ0) is 19.8. The first-order valence-corrected chi connectivity index (χ1v) is 10.7. The zero-order valence-corrected chi connectivity index (χ0v) is 17.6. The van der Waals surface area contributed by atoms with Crippen LogP contribution in [-0.2, 0) is 11.3 Å². The minimum atomic E-state index is -0.632. The number of nitrogens with zero attached hydrogens (tertiary/aromatic N) is 4. The summed E-state index contributed by atoms with van der Waals surface area (Å²) in [6, 6.07) is 5.66. The van der Waals surface area contributed by atoms with Crippen LogP contribution in [-0.4, -0.2) is 25.9 Å². The summed E-state index contributed by atoms with van der Waals surface area (Å²) in [6.45, 7) is 8.77. The lowest BCUT2D eigenvalue weighted by atomic mass is 10.2. The van der Waals surface area contributed by atoms with E-state index in [0.29, 0.717) is 16.7 Å². The van der Waals surface area contributed by atoms with E-state index in [-0.39, 0.29) is 5.89 Å². The summed E-state index contributed by atoms with van der Waals surface area (Å²) < 4.78 is 13.2. The molecule has 0 radical (unpaired) electrons. The molecule has 4 aromatic rings. The number of esters is 1. The molecule has 1 atom stereocenters. The van der Waals surface area contributed by atoms with Gasteiger partial charge in [0, 0.05) is 11.9 Å². The lowest BCUT2D eigenvalue weighted by Crippen LogP contribution is -2.08. The summed E-state index contributed by atoms with van der Waals surface area (Å²) in [5.41, 5.74) is 0.913. The van der Waals surface area contributed by atoms with Crippen molar-refractivity contribution in [3.8, 4) is 10.8 Å². The van der Waals surface area contributed by atoms with E-state index in [1.807, 2.05) is 35.2 Å². The van der Waals surface area contributed by atoms with Crippen LogP contribution in [0.2, 0.25) is 0 Å². The molecule has 0 aliphatic rings. The topological polar surface area (TPSA) is 83.0 Å². The third-order valence-electron chi connectivity index (χ3n) is 4.15. The number of thiophene rings is 2. The molecule has 0 fully saturated rings. The van der Waals surface area contributed by atoms with Crippen molar-refractivity contribution in [1.82, 2.24) is 20.0 Å². The van der Waals surface area contributed by atoms with Crippen LogP contribution >= 0.6 is 22.7 Å². The van der Waals surface area contributed by atoms with Crippen molar-refractivity contribution in [2.75, 3.05) is 0 Å². The molecule has 1 unspecified atom stereocenters. The second kappa shape index (κ2) is 7.48. The smallest absolute Gasteiger partial charge is 0.349 e. The average molecular weight is 417 g/mol. The summed E-state index contributed by atoms with van der Waals surface area (Å²) in [6.07, 6.45) is -0.632.